The third-order valence-corrected chi connectivity index (χ3v) is 5.67. The summed E-state index contributed by atoms with van der Waals surface area (Å²) < 4.78 is 0. The van der Waals surface area contributed by atoms with E-state index in [1.54, 1.807) is 12.4 Å². The molecule has 0 saturated heterocycles. The second kappa shape index (κ2) is 8.00. The zero-order valence-corrected chi connectivity index (χ0v) is 16.4. The first-order chi connectivity index (χ1) is 13.6. The highest BCUT2D eigenvalue weighted by molar-refractivity contribution is 6.09. The molecular weight excluding hydrogens is 348 g/mol. The predicted octanol–water partition coefficient (Wildman–Crippen LogP) is 3.24. The molecule has 0 spiro atoms. The van der Waals surface area contributed by atoms with Crippen LogP contribution in [0.4, 0.5) is 11.5 Å². The van der Waals surface area contributed by atoms with Gasteiger partial charge in [0.25, 0.3) is 0 Å². The lowest BCUT2D eigenvalue weighted by molar-refractivity contribution is 0.700. The molecule has 2 aromatic heterocycles. The van der Waals surface area contributed by atoms with Crippen molar-refractivity contribution in [2.45, 2.75) is 51.6 Å². The molecule has 1 saturated carbocycles. The van der Waals surface area contributed by atoms with Crippen molar-refractivity contribution < 1.29 is 0 Å². The number of hydrogen-bond acceptors (Lipinski definition) is 6. The standard InChI is InChI=1S/C22H28N6/c1-15-8-19(24)13-27-22(15)28-7-6-21-17(14-28)9-16(11-26-21)18(10-23)12-25-20-4-2-3-5-20/h8-13,20H,2-7,14,23-24H2,1H3. The number of rotatable bonds is 4. The molecule has 1 fully saturated rings. The SMILES string of the molecule is Cc1cc(N)cnc1N1CCc2ncc(C(C=NC3CCCC3)=CN)cc2C1. The van der Waals surface area contributed by atoms with Crippen molar-refractivity contribution >= 4 is 23.3 Å². The number of fused-ring (bicyclic) bond motifs is 1. The van der Waals surface area contributed by atoms with Crippen LogP contribution in [-0.4, -0.2) is 28.8 Å². The van der Waals surface area contributed by atoms with Gasteiger partial charge in [-0.3, -0.25) is 9.98 Å². The van der Waals surface area contributed by atoms with E-state index in [1.807, 2.05) is 18.5 Å². The summed E-state index contributed by atoms with van der Waals surface area (Å²) in [4.78, 5) is 16.3. The molecule has 6 heteroatoms. The van der Waals surface area contributed by atoms with E-state index in [2.05, 4.69) is 22.9 Å². The summed E-state index contributed by atoms with van der Waals surface area (Å²) in [6.07, 6.45) is 13.0. The number of aromatic nitrogens is 2. The molecule has 28 heavy (non-hydrogen) atoms. The van der Waals surface area contributed by atoms with E-state index in [0.29, 0.717) is 11.7 Å². The summed E-state index contributed by atoms with van der Waals surface area (Å²) in [5.41, 5.74) is 17.9. The maximum absolute atomic E-state index is 5.90. The number of anilines is 2. The summed E-state index contributed by atoms with van der Waals surface area (Å²) in [6.45, 7) is 3.74. The van der Waals surface area contributed by atoms with Crippen molar-refractivity contribution in [3.05, 3.63) is 53.1 Å². The monoisotopic (exact) mass is 376 g/mol. The Bertz CT molecular complexity index is 911. The number of nitrogen functional groups attached to an aromatic ring is 1. The molecule has 6 nitrogen and oxygen atoms in total. The summed E-state index contributed by atoms with van der Waals surface area (Å²) in [5.74, 6) is 0.989. The van der Waals surface area contributed by atoms with Gasteiger partial charge < -0.3 is 16.4 Å². The summed E-state index contributed by atoms with van der Waals surface area (Å²) in [7, 11) is 0. The molecule has 0 aromatic carbocycles. The number of hydrogen-bond donors (Lipinski definition) is 2. The molecule has 2 aromatic rings. The first-order valence-electron chi connectivity index (χ1n) is 10.0. The zero-order valence-electron chi connectivity index (χ0n) is 16.4. The van der Waals surface area contributed by atoms with Crippen LogP contribution in [0.25, 0.3) is 5.57 Å². The van der Waals surface area contributed by atoms with Crippen molar-refractivity contribution in [3.8, 4) is 0 Å². The largest absolute Gasteiger partial charge is 0.404 e. The Morgan fingerprint density at radius 3 is 2.79 bits per heavy atom. The molecule has 2 aliphatic rings. The highest BCUT2D eigenvalue weighted by Gasteiger charge is 2.21. The van der Waals surface area contributed by atoms with Gasteiger partial charge in [-0.1, -0.05) is 12.8 Å². The summed E-state index contributed by atoms with van der Waals surface area (Å²) >= 11 is 0. The van der Waals surface area contributed by atoms with E-state index in [-0.39, 0.29) is 0 Å². The van der Waals surface area contributed by atoms with Gasteiger partial charge >= 0.3 is 0 Å². The van der Waals surface area contributed by atoms with E-state index in [9.17, 15) is 0 Å². The van der Waals surface area contributed by atoms with E-state index in [1.165, 1.54) is 31.2 Å². The second-order valence-corrected chi connectivity index (χ2v) is 7.75. The normalized spacial score (nSPS) is 18.0. The number of nitrogens with zero attached hydrogens (tertiary/aromatic N) is 4. The Morgan fingerprint density at radius 2 is 2.04 bits per heavy atom. The minimum Gasteiger partial charge on any atom is -0.404 e. The molecule has 146 valence electrons. The van der Waals surface area contributed by atoms with Crippen LogP contribution in [0, 0.1) is 6.92 Å². The fourth-order valence-corrected chi connectivity index (χ4v) is 4.14. The molecule has 1 aliphatic carbocycles. The fourth-order valence-electron chi connectivity index (χ4n) is 4.14. The number of pyridine rings is 2. The molecule has 1 aliphatic heterocycles. The van der Waals surface area contributed by atoms with E-state index >= 15 is 0 Å². The second-order valence-electron chi connectivity index (χ2n) is 7.75. The lowest BCUT2D eigenvalue weighted by Gasteiger charge is -2.30. The van der Waals surface area contributed by atoms with E-state index in [4.69, 9.17) is 21.4 Å². The quantitative estimate of drug-likeness (QED) is 0.799. The van der Waals surface area contributed by atoms with E-state index in [0.717, 1.165) is 47.7 Å². The van der Waals surface area contributed by atoms with Crippen LogP contribution in [0.15, 0.2) is 35.7 Å². The van der Waals surface area contributed by atoms with Crippen LogP contribution in [0.3, 0.4) is 0 Å². The topological polar surface area (TPSA) is 93.4 Å². The molecule has 0 radical (unpaired) electrons. The average molecular weight is 377 g/mol. The molecule has 0 atom stereocenters. The summed E-state index contributed by atoms with van der Waals surface area (Å²) in [6, 6.07) is 4.61. The lowest BCUT2D eigenvalue weighted by atomic mass is 10.0. The zero-order chi connectivity index (χ0) is 19.5. The molecule has 4 rings (SSSR count). The van der Waals surface area contributed by atoms with Gasteiger partial charge in [-0.05, 0) is 43.0 Å². The van der Waals surface area contributed by atoms with Crippen LogP contribution in [0.5, 0.6) is 0 Å². The number of aliphatic imine (C=N–C) groups is 1. The van der Waals surface area contributed by atoms with Gasteiger partial charge in [-0.25, -0.2) is 4.98 Å². The van der Waals surface area contributed by atoms with E-state index < -0.39 is 0 Å². The number of nitrogens with two attached hydrogens (primary N) is 2. The smallest absolute Gasteiger partial charge is 0.131 e. The first-order valence-corrected chi connectivity index (χ1v) is 10.0. The highest BCUT2D eigenvalue weighted by atomic mass is 15.2. The minimum absolute atomic E-state index is 0.440. The molecule has 0 amide bonds. The third-order valence-electron chi connectivity index (χ3n) is 5.67. The van der Waals surface area contributed by atoms with Crippen molar-refractivity contribution in [2.75, 3.05) is 17.2 Å². The van der Waals surface area contributed by atoms with Gasteiger partial charge in [0.15, 0.2) is 0 Å². The number of aryl methyl sites for hydroxylation is 1. The van der Waals surface area contributed by atoms with Crippen molar-refractivity contribution in [2.24, 2.45) is 10.7 Å². The average Bonchev–Trinajstić information content (AvgIpc) is 3.21. The van der Waals surface area contributed by atoms with Crippen molar-refractivity contribution in [1.82, 2.24) is 9.97 Å². The fraction of sp³-hybridized carbons (Fsp3) is 0.409. The van der Waals surface area contributed by atoms with Gasteiger partial charge in [0.1, 0.15) is 5.82 Å². The number of allylic oxidation sites excluding steroid dienone is 1. The maximum atomic E-state index is 5.90. The summed E-state index contributed by atoms with van der Waals surface area (Å²) in [5, 5.41) is 0. The minimum atomic E-state index is 0.440. The van der Waals surface area contributed by atoms with Crippen LogP contribution in [-0.2, 0) is 13.0 Å². The third kappa shape index (κ3) is 3.86. The Kier molecular flexibility index (Phi) is 5.28. The molecule has 0 unspecified atom stereocenters. The highest BCUT2D eigenvalue weighted by Crippen LogP contribution is 2.27. The van der Waals surface area contributed by atoms with Gasteiger partial charge in [0.2, 0.25) is 0 Å². The van der Waals surface area contributed by atoms with Crippen LogP contribution >= 0.6 is 0 Å². The Morgan fingerprint density at radius 1 is 1.21 bits per heavy atom. The maximum Gasteiger partial charge on any atom is 0.131 e. The Balaban J connectivity index is 1.56. The Labute approximate surface area is 166 Å². The van der Waals surface area contributed by atoms with Gasteiger partial charge in [0.05, 0.1) is 11.9 Å². The molecule has 4 N–H and O–H groups in total. The Hall–Kier alpha value is -2.89. The lowest BCUT2D eigenvalue weighted by Crippen LogP contribution is -2.32. The van der Waals surface area contributed by atoms with Crippen LogP contribution in [0.2, 0.25) is 0 Å². The van der Waals surface area contributed by atoms with Gasteiger partial charge in [0, 0.05) is 61.0 Å². The van der Waals surface area contributed by atoms with Crippen LogP contribution < -0.4 is 16.4 Å². The first kappa shape index (κ1) is 18.5. The predicted molar refractivity (Wildman–Crippen MR) is 115 cm³/mol. The molecule has 0 bridgehead atoms. The molecular formula is C22H28N6. The van der Waals surface area contributed by atoms with Crippen molar-refractivity contribution in [3.63, 3.8) is 0 Å². The van der Waals surface area contributed by atoms with Crippen LogP contribution in [0.1, 0.15) is 48.1 Å². The van der Waals surface area contributed by atoms with Gasteiger partial charge in [-0.2, -0.15) is 0 Å². The van der Waals surface area contributed by atoms with Gasteiger partial charge in [-0.15, -0.1) is 0 Å². The van der Waals surface area contributed by atoms with Crippen molar-refractivity contribution in [1.29, 1.82) is 0 Å². The molecule has 3 heterocycles.